The predicted molar refractivity (Wildman–Crippen MR) is 88.5 cm³/mol. The molecule has 2 heteroatoms. The summed E-state index contributed by atoms with van der Waals surface area (Å²) in [4.78, 5) is 9.06. The van der Waals surface area contributed by atoms with E-state index in [2.05, 4.69) is 63.9 Å². The van der Waals surface area contributed by atoms with Crippen molar-refractivity contribution in [2.45, 2.75) is 58.3 Å². The van der Waals surface area contributed by atoms with Crippen molar-refractivity contribution in [2.75, 3.05) is 0 Å². The van der Waals surface area contributed by atoms with Crippen LogP contribution in [0.25, 0.3) is 0 Å². The first-order valence-electron chi connectivity index (χ1n) is 7.66. The maximum absolute atomic E-state index is 4.83. The van der Waals surface area contributed by atoms with Gasteiger partial charge in [-0.1, -0.05) is 46.8 Å². The van der Waals surface area contributed by atoms with Crippen LogP contribution in [0.15, 0.2) is 42.7 Å². The molecule has 2 heterocycles. The summed E-state index contributed by atoms with van der Waals surface area (Å²) in [5, 5.41) is 0. The van der Waals surface area contributed by atoms with Crippen molar-refractivity contribution < 1.29 is 0 Å². The minimum Gasteiger partial charge on any atom is -0.264 e. The summed E-state index contributed by atoms with van der Waals surface area (Å²) < 4.78 is 0. The van der Waals surface area contributed by atoms with Crippen molar-refractivity contribution in [1.82, 2.24) is 9.97 Å². The fraction of sp³-hybridized carbons (Fsp3) is 0.474. The van der Waals surface area contributed by atoms with Gasteiger partial charge in [-0.3, -0.25) is 9.97 Å². The minimum absolute atomic E-state index is 0.106. The van der Waals surface area contributed by atoms with Crippen LogP contribution in [0.4, 0.5) is 0 Å². The molecule has 0 radical (unpaired) electrons. The summed E-state index contributed by atoms with van der Waals surface area (Å²) in [6, 6.07) is 10.5. The number of hydrogen-bond donors (Lipinski definition) is 0. The van der Waals surface area contributed by atoms with E-state index in [0.717, 1.165) is 12.8 Å². The van der Waals surface area contributed by atoms with Gasteiger partial charge in [0.25, 0.3) is 0 Å². The first-order valence-corrected chi connectivity index (χ1v) is 7.66. The van der Waals surface area contributed by atoms with Crippen LogP contribution in [0.5, 0.6) is 0 Å². The van der Waals surface area contributed by atoms with Crippen LogP contribution in [-0.2, 0) is 17.3 Å². The molecule has 0 N–H and O–H groups in total. The summed E-state index contributed by atoms with van der Waals surface area (Å²) in [6.45, 7) is 11.2. The highest BCUT2D eigenvalue weighted by Crippen LogP contribution is 2.28. The summed E-state index contributed by atoms with van der Waals surface area (Å²) >= 11 is 0. The number of hydrogen-bond acceptors (Lipinski definition) is 2. The van der Waals surface area contributed by atoms with E-state index >= 15 is 0 Å². The van der Waals surface area contributed by atoms with Crippen molar-refractivity contribution in [3.8, 4) is 0 Å². The van der Waals surface area contributed by atoms with Crippen LogP contribution in [0.1, 0.15) is 58.0 Å². The Labute approximate surface area is 128 Å². The Hall–Kier alpha value is -1.70. The zero-order valence-electron chi connectivity index (χ0n) is 13.9. The molecule has 0 unspecified atom stereocenters. The van der Waals surface area contributed by atoms with E-state index in [-0.39, 0.29) is 10.8 Å². The highest BCUT2D eigenvalue weighted by molar-refractivity contribution is 5.21. The van der Waals surface area contributed by atoms with Crippen molar-refractivity contribution in [2.24, 2.45) is 0 Å². The Morgan fingerprint density at radius 3 is 2.33 bits per heavy atom. The number of pyridine rings is 2. The maximum atomic E-state index is 4.83. The third-order valence-electron chi connectivity index (χ3n) is 4.02. The summed E-state index contributed by atoms with van der Waals surface area (Å²) in [5.41, 5.74) is 3.86. The molecular weight excluding hydrogens is 256 g/mol. The van der Waals surface area contributed by atoms with Gasteiger partial charge in [0.15, 0.2) is 0 Å². The maximum Gasteiger partial charge on any atom is 0.0460 e. The van der Waals surface area contributed by atoms with Gasteiger partial charge < -0.3 is 0 Å². The lowest BCUT2D eigenvalue weighted by Crippen LogP contribution is -2.19. The molecular formula is C19H26N2. The largest absolute Gasteiger partial charge is 0.264 e. The highest BCUT2D eigenvalue weighted by Gasteiger charge is 2.21. The van der Waals surface area contributed by atoms with E-state index in [4.69, 9.17) is 4.98 Å². The number of rotatable bonds is 4. The van der Waals surface area contributed by atoms with E-state index in [1.54, 1.807) is 0 Å². The van der Waals surface area contributed by atoms with Crippen LogP contribution in [-0.4, -0.2) is 9.97 Å². The van der Waals surface area contributed by atoms with Crippen molar-refractivity contribution in [3.05, 3.63) is 59.7 Å². The average Bonchev–Trinajstić information content (AvgIpc) is 2.46. The monoisotopic (exact) mass is 282 g/mol. The molecule has 2 aromatic heterocycles. The van der Waals surface area contributed by atoms with Crippen molar-refractivity contribution in [1.29, 1.82) is 0 Å². The highest BCUT2D eigenvalue weighted by atomic mass is 14.7. The van der Waals surface area contributed by atoms with E-state index < -0.39 is 0 Å². The minimum atomic E-state index is 0.106. The van der Waals surface area contributed by atoms with Gasteiger partial charge in [0.2, 0.25) is 0 Å². The molecule has 0 atom stereocenters. The molecule has 0 spiro atoms. The molecule has 0 aliphatic heterocycles. The molecule has 0 saturated carbocycles. The number of aromatic nitrogens is 2. The SMILES string of the molecule is CC(C)(C)c1cccc(CCC(C)(C)c2cccnc2)n1. The number of aryl methyl sites for hydroxylation is 1. The van der Waals surface area contributed by atoms with E-state index in [1.165, 1.54) is 17.0 Å². The van der Waals surface area contributed by atoms with Gasteiger partial charge in [0, 0.05) is 29.2 Å². The first kappa shape index (κ1) is 15.7. The Morgan fingerprint density at radius 1 is 0.952 bits per heavy atom. The van der Waals surface area contributed by atoms with Gasteiger partial charge in [0.05, 0.1) is 0 Å². The van der Waals surface area contributed by atoms with E-state index in [1.807, 2.05) is 18.5 Å². The zero-order chi connectivity index (χ0) is 15.5. The standard InChI is InChI=1S/C19H26N2/c1-18(2,3)17-10-6-9-16(21-17)11-12-19(4,5)15-8-7-13-20-14-15/h6-10,13-14H,11-12H2,1-5H3. The van der Waals surface area contributed by atoms with Crippen LogP contribution >= 0.6 is 0 Å². The van der Waals surface area contributed by atoms with Crippen LogP contribution < -0.4 is 0 Å². The smallest absolute Gasteiger partial charge is 0.0460 e. The lowest BCUT2D eigenvalue weighted by atomic mass is 9.81. The zero-order valence-corrected chi connectivity index (χ0v) is 13.9. The van der Waals surface area contributed by atoms with Gasteiger partial charge in [-0.25, -0.2) is 0 Å². The summed E-state index contributed by atoms with van der Waals surface area (Å²) in [7, 11) is 0. The topological polar surface area (TPSA) is 25.8 Å². The van der Waals surface area contributed by atoms with Gasteiger partial charge in [-0.2, -0.15) is 0 Å². The summed E-state index contributed by atoms with van der Waals surface area (Å²) in [6.07, 6.45) is 5.86. The molecule has 2 nitrogen and oxygen atoms in total. The fourth-order valence-corrected chi connectivity index (χ4v) is 2.38. The molecule has 0 aliphatic rings. The molecule has 0 aromatic carbocycles. The molecule has 0 aliphatic carbocycles. The number of nitrogens with zero attached hydrogens (tertiary/aromatic N) is 2. The second-order valence-corrected chi connectivity index (χ2v) is 7.39. The lowest BCUT2D eigenvalue weighted by molar-refractivity contribution is 0.473. The molecule has 2 aromatic rings. The van der Waals surface area contributed by atoms with Crippen LogP contribution in [0.3, 0.4) is 0 Å². The molecule has 21 heavy (non-hydrogen) atoms. The quantitative estimate of drug-likeness (QED) is 0.813. The second kappa shape index (κ2) is 5.97. The average molecular weight is 282 g/mol. The van der Waals surface area contributed by atoms with Gasteiger partial charge in [0.1, 0.15) is 0 Å². The van der Waals surface area contributed by atoms with Crippen LogP contribution in [0.2, 0.25) is 0 Å². The molecule has 0 fully saturated rings. The molecule has 2 rings (SSSR count). The third-order valence-corrected chi connectivity index (χ3v) is 4.02. The lowest BCUT2D eigenvalue weighted by Gasteiger charge is -2.25. The van der Waals surface area contributed by atoms with E-state index in [9.17, 15) is 0 Å². The second-order valence-electron chi connectivity index (χ2n) is 7.39. The Kier molecular flexibility index (Phi) is 4.46. The predicted octanol–water partition coefficient (Wildman–Crippen LogP) is 4.68. The van der Waals surface area contributed by atoms with Gasteiger partial charge >= 0.3 is 0 Å². The Morgan fingerprint density at radius 2 is 1.71 bits per heavy atom. The van der Waals surface area contributed by atoms with Gasteiger partial charge in [-0.15, -0.1) is 0 Å². The molecule has 0 bridgehead atoms. The van der Waals surface area contributed by atoms with Gasteiger partial charge in [-0.05, 0) is 42.0 Å². The van der Waals surface area contributed by atoms with Crippen molar-refractivity contribution in [3.63, 3.8) is 0 Å². The summed E-state index contributed by atoms with van der Waals surface area (Å²) in [5.74, 6) is 0. The normalized spacial score (nSPS) is 12.4. The third kappa shape index (κ3) is 4.13. The Bertz CT molecular complexity index is 580. The Balaban J connectivity index is 2.10. The van der Waals surface area contributed by atoms with Crippen molar-refractivity contribution >= 4 is 0 Å². The molecule has 112 valence electrons. The van der Waals surface area contributed by atoms with E-state index in [0.29, 0.717) is 0 Å². The fourth-order valence-electron chi connectivity index (χ4n) is 2.38. The molecule has 0 saturated heterocycles. The first-order chi connectivity index (χ1) is 9.79. The van der Waals surface area contributed by atoms with Crippen LogP contribution in [0, 0.1) is 0 Å². The molecule has 0 amide bonds.